The molecule has 0 aliphatic carbocycles. The van der Waals surface area contributed by atoms with E-state index in [2.05, 4.69) is 19.2 Å². The van der Waals surface area contributed by atoms with Crippen LogP contribution < -0.4 is 15.0 Å². The molecule has 120 valence electrons. The minimum Gasteiger partial charge on any atom is -0.482 e. The van der Waals surface area contributed by atoms with Gasteiger partial charge in [0.05, 0.1) is 16.4 Å². The standard InChI is InChI=1S/C18H19ClN2O2/c1-18(2)12-21(15-9-5-4-8-14(15)20-18)17(22)11-23-16-10-6-3-7-13(16)19/h3-10,20H,11-12H2,1-2H3. The van der Waals surface area contributed by atoms with Gasteiger partial charge in [-0.05, 0) is 38.1 Å². The molecule has 1 heterocycles. The molecule has 0 saturated carbocycles. The van der Waals surface area contributed by atoms with Crippen LogP contribution >= 0.6 is 11.6 Å². The first-order valence-electron chi connectivity index (χ1n) is 7.51. The fourth-order valence-electron chi connectivity index (χ4n) is 2.70. The van der Waals surface area contributed by atoms with Gasteiger partial charge in [0.1, 0.15) is 5.75 Å². The van der Waals surface area contributed by atoms with E-state index in [4.69, 9.17) is 16.3 Å². The Labute approximate surface area is 141 Å². The van der Waals surface area contributed by atoms with Crippen LogP contribution in [0.4, 0.5) is 11.4 Å². The van der Waals surface area contributed by atoms with Crippen molar-refractivity contribution in [1.82, 2.24) is 0 Å². The van der Waals surface area contributed by atoms with Gasteiger partial charge < -0.3 is 15.0 Å². The maximum atomic E-state index is 12.7. The summed E-state index contributed by atoms with van der Waals surface area (Å²) in [6, 6.07) is 14.9. The number of hydrogen-bond donors (Lipinski definition) is 1. The lowest BCUT2D eigenvalue weighted by Crippen LogP contribution is -2.51. The smallest absolute Gasteiger partial charge is 0.265 e. The molecule has 0 aromatic heterocycles. The van der Waals surface area contributed by atoms with Crippen LogP contribution in [-0.4, -0.2) is 24.6 Å². The molecule has 0 radical (unpaired) electrons. The van der Waals surface area contributed by atoms with Gasteiger partial charge in [-0.2, -0.15) is 0 Å². The van der Waals surface area contributed by atoms with Crippen molar-refractivity contribution in [3.05, 3.63) is 53.6 Å². The van der Waals surface area contributed by atoms with Crippen molar-refractivity contribution in [1.29, 1.82) is 0 Å². The van der Waals surface area contributed by atoms with E-state index in [0.717, 1.165) is 11.4 Å². The second-order valence-corrected chi connectivity index (χ2v) is 6.63. The molecule has 0 spiro atoms. The van der Waals surface area contributed by atoms with Crippen LogP contribution in [0.5, 0.6) is 5.75 Å². The highest BCUT2D eigenvalue weighted by atomic mass is 35.5. The van der Waals surface area contributed by atoms with E-state index < -0.39 is 0 Å². The monoisotopic (exact) mass is 330 g/mol. The molecule has 1 aliphatic heterocycles. The SMILES string of the molecule is CC1(C)CN(C(=O)COc2ccccc2Cl)c2ccccc2N1. The molecule has 0 unspecified atom stereocenters. The summed E-state index contributed by atoms with van der Waals surface area (Å²) in [7, 11) is 0. The molecule has 0 bridgehead atoms. The first-order valence-corrected chi connectivity index (χ1v) is 7.89. The number of ether oxygens (including phenoxy) is 1. The van der Waals surface area contributed by atoms with Crippen molar-refractivity contribution in [3.8, 4) is 5.75 Å². The number of hydrogen-bond acceptors (Lipinski definition) is 3. The molecule has 23 heavy (non-hydrogen) atoms. The second-order valence-electron chi connectivity index (χ2n) is 6.23. The maximum Gasteiger partial charge on any atom is 0.265 e. The first kappa shape index (κ1) is 15.7. The Morgan fingerprint density at radius 3 is 2.70 bits per heavy atom. The lowest BCUT2D eigenvalue weighted by molar-refractivity contribution is -0.120. The summed E-state index contributed by atoms with van der Waals surface area (Å²) >= 11 is 6.06. The Bertz CT molecular complexity index is 730. The Hall–Kier alpha value is -2.20. The minimum atomic E-state index is -0.200. The average Bonchev–Trinajstić information content (AvgIpc) is 2.52. The molecule has 2 aromatic carbocycles. The number of rotatable bonds is 3. The van der Waals surface area contributed by atoms with E-state index in [1.807, 2.05) is 36.4 Å². The molecule has 0 saturated heterocycles. The number of carbonyl (C=O) groups is 1. The molecule has 1 N–H and O–H groups in total. The summed E-state index contributed by atoms with van der Waals surface area (Å²) in [5, 5.41) is 3.95. The molecular weight excluding hydrogens is 312 g/mol. The summed E-state index contributed by atoms with van der Waals surface area (Å²) in [5.41, 5.74) is 1.63. The van der Waals surface area contributed by atoms with Gasteiger partial charge in [0.2, 0.25) is 0 Å². The molecule has 0 atom stereocenters. The summed E-state index contributed by atoms with van der Waals surface area (Å²) in [6.45, 7) is 4.67. The van der Waals surface area contributed by atoms with E-state index in [-0.39, 0.29) is 18.1 Å². The zero-order chi connectivity index (χ0) is 16.4. The molecule has 5 heteroatoms. The number of carbonyl (C=O) groups excluding carboxylic acids is 1. The lowest BCUT2D eigenvalue weighted by Gasteiger charge is -2.40. The molecular formula is C18H19ClN2O2. The van der Waals surface area contributed by atoms with Crippen molar-refractivity contribution in [3.63, 3.8) is 0 Å². The number of halogens is 1. The van der Waals surface area contributed by atoms with Crippen molar-refractivity contribution in [2.24, 2.45) is 0 Å². The Balaban J connectivity index is 1.78. The number of benzene rings is 2. The highest BCUT2D eigenvalue weighted by Crippen LogP contribution is 2.34. The Morgan fingerprint density at radius 2 is 1.91 bits per heavy atom. The fraction of sp³-hybridized carbons (Fsp3) is 0.278. The average molecular weight is 331 g/mol. The normalized spacial score (nSPS) is 15.5. The molecule has 1 amide bonds. The Morgan fingerprint density at radius 1 is 1.22 bits per heavy atom. The van der Waals surface area contributed by atoms with Crippen molar-refractivity contribution < 1.29 is 9.53 Å². The first-order chi connectivity index (χ1) is 11.0. The predicted octanol–water partition coefficient (Wildman–Crippen LogP) is 3.96. The van der Waals surface area contributed by atoms with Crippen LogP contribution in [0.15, 0.2) is 48.5 Å². The molecule has 0 fully saturated rings. The zero-order valence-electron chi connectivity index (χ0n) is 13.2. The fourth-order valence-corrected chi connectivity index (χ4v) is 2.89. The molecule has 1 aliphatic rings. The van der Waals surface area contributed by atoms with Crippen molar-refractivity contribution in [2.75, 3.05) is 23.4 Å². The highest BCUT2D eigenvalue weighted by Gasteiger charge is 2.32. The molecule has 2 aromatic rings. The van der Waals surface area contributed by atoms with E-state index in [0.29, 0.717) is 17.3 Å². The third-order valence-corrected chi connectivity index (χ3v) is 4.02. The summed E-state index contributed by atoms with van der Waals surface area (Å²) in [4.78, 5) is 14.4. The second kappa shape index (κ2) is 6.13. The third kappa shape index (κ3) is 3.42. The van der Waals surface area contributed by atoms with E-state index in [1.165, 1.54) is 0 Å². The topological polar surface area (TPSA) is 41.6 Å². The zero-order valence-corrected chi connectivity index (χ0v) is 13.9. The third-order valence-electron chi connectivity index (χ3n) is 3.71. The number of fused-ring (bicyclic) bond motifs is 1. The van der Waals surface area contributed by atoms with Gasteiger partial charge in [0, 0.05) is 12.1 Å². The van der Waals surface area contributed by atoms with Gasteiger partial charge in [0.15, 0.2) is 6.61 Å². The van der Waals surface area contributed by atoms with Gasteiger partial charge in [-0.1, -0.05) is 35.9 Å². The highest BCUT2D eigenvalue weighted by molar-refractivity contribution is 6.32. The maximum absolute atomic E-state index is 12.7. The van der Waals surface area contributed by atoms with Crippen LogP contribution in [0.3, 0.4) is 0 Å². The molecule has 3 rings (SSSR count). The number of nitrogens with one attached hydrogen (secondary N) is 1. The Kier molecular flexibility index (Phi) is 4.18. The van der Waals surface area contributed by atoms with Gasteiger partial charge >= 0.3 is 0 Å². The van der Waals surface area contributed by atoms with Crippen molar-refractivity contribution in [2.45, 2.75) is 19.4 Å². The van der Waals surface area contributed by atoms with Crippen LogP contribution in [0.1, 0.15) is 13.8 Å². The van der Waals surface area contributed by atoms with E-state index >= 15 is 0 Å². The summed E-state index contributed by atoms with van der Waals surface area (Å²) in [5.74, 6) is 0.428. The van der Waals surface area contributed by atoms with E-state index in [9.17, 15) is 4.79 Å². The summed E-state index contributed by atoms with van der Waals surface area (Å²) in [6.07, 6.45) is 0. The van der Waals surface area contributed by atoms with Crippen LogP contribution in [0.2, 0.25) is 5.02 Å². The number of para-hydroxylation sites is 3. The quantitative estimate of drug-likeness (QED) is 0.926. The minimum absolute atomic E-state index is 0.0475. The number of anilines is 2. The summed E-state index contributed by atoms with van der Waals surface area (Å²) < 4.78 is 5.59. The van der Waals surface area contributed by atoms with Gasteiger partial charge in [-0.3, -0.25) is 4.79 Å². The van der Waals surface area contributed by atoms with Gasteiger partial charge in [-0.15, -0.1) is 0 Å². The molecule has 4 nitrogen and oxygen atoms in total. The van der Waals surface area contributed by atoms with E-state index in [1.54, 1.807) is 17.0 Å². The van der Waals surface area contributed by atoms with Crippen LogP contribution in [0, 0.1) is 0 Å². The lowest BCUT2D eigenvalue weighted by atomic mass is 9.99. The predicted molar refractivity (Wildman–Crippen MR) is 93.4 cm³/mol. The van der Waals surface area contributed by atoms with Crippen molar-refractivity contribution >= 4 is 28.9 Å². The number of amides is 1. The van der Waals surface area contributed by atoms with Gasteiger partial charge in [-0.25, -0.2) is 0 Å². The largest absolute Gasteiger partial charge is 0.482 e. The van der Waals surface area contributed by atoms with Crippen LogP contribution in [-0.2, 0) is 4.79 Å². The van der Waals surface area contributed by atoms with Crippen LogP contribution in [0.25, 0.3) is 0 Å². The number of nitrogens with zero attached hydrogens (tertiary/aromatic N) is 1. The van der Waals surface area contributed by atoms with Gasteiger partial charge in [0.25, 0.3) is 5.91 Å².